The van der Waals surface area contributed by atoms with Crippen LogP contribution in [0.5, 0.6) is 0 Å². The second-order valence-corrected chi connectivity index (χ2v) is 3.21. The quantitative estimate of drug-likeness (QED) is 0.623. The Labute approximate surface area is 72.3 Å². The summed E-state index contributed by atoms with van der Waals surface area (Å²) >= 11 is 0. The smallest absolute Gasteiger partial charge is 0.303 e. The van der Waals surface area contributed by atoms with Crippen molar-refractivity contribution in [3.63, 3.8) is 0 Å². The topological polar surface area (TPSA) is 63.3 Å². The molecule has 1 aliphatic carbocycles. The molecule has 1 unspecified atom stereocenters. The number of carboxylic acids is 1. The van der Waals surface area contributed by atoms with Gasteiger partial charge in [-0.1, -0.05) is 11.6 Å². The fourth-order valence-electron chi connectivity index (χ4n) is 1.50. The van der Waals surface area contributed by atoms with E-state index in [1.165, 1.54) is 12.0 Å². The lowest BCUT2D eigenvalue weighted by Crippen LogP contribution is -2.22. The summed E-state index contributed by atoms with van der Waals surface area (Å²) < 4.78 is 0. The Hall–Kier alpha value is -0.830. The Kier molecular flexibility index (Phi) is 3.29. The molecular weight excluding hydrogens is 154 g/mol. The minimum absolute atomic E-state index is 0.0244. The predicted octanol–water partition coefficient (Wildman–Crippen LogP) is 1.29. The first-order valence-electron chi connectivity index (χ1n) is 4.36. The van der Waals surface area contributed by atoms with Gasteiger partial charge in [-0.15, -0.1) is 0 Å². The third kappa shape index (κ3) is 2.66. The number of hydrogen-bond donors (Lipinski definition) is 2. The lowest BCUT2D eigenvalue weighted by molar-refractivity contribution is -0.137. The highest BCUT2D eigenvalue weighted by Crippen LogP contribution is 2.21. The summed E-state index contributed by atoms with van der Waals surface area (Å²) in [6.07, 6.45) is 6.24. The molecule has 0 heterocycles. The molecule has 0 aromatic rings. The molecule has 0 aromatic carbocycles. The predicted molar refractivity (Wildman–Crippen MR) is 46.8 cm³/mol. The molecule has 3 nitrogen and oxygen atoms in total. The Balaban J connectivity index is 2.27. The van der Waals surface area contributed by atoms with Crippen LogP contribution in [-0.4, -0.2) is 17.1 Å². The Bertz CT molecular complexity index is 199. The van der Waals surface area contributed by atoms with E-state index in [1.54, 1.807) is 0 Å². The van der Waals surface area contributed by atoms with E-state index in [-0.39, 0.29) is 12.5 Å². The van der Waals surface area contributed by atoms with Gasteiger partial charge in [-0.25, -0.2) is 0 Å². The zero-order valence-corrected chi connectivity index (χ0v) is 7.12. The van der Waals surface area contributed by atoms with Crippen LogP contribution < -0.4 is 5.73 Å². The number of nitrogens with two attached hydrogens (primary N) is 1. The van der Waals surface area contributed by atoms with Crippen molar-refractivity contribution < 1.29 is 9.90 Å². The highest BCUT2D eigenvalue weighted by Gasteiger charge is 2.13. The lowest BCUT2D eigenvalue weighted by atomic mass is 10.0. The van der Waals surface area contributed by atoms with Gasteiger partial charge in [0.15, 0.2) is 0 Å². The molecule has 0 aliphatic heterocycles. The average molecular weight is 169 g/mol. The van der Waals surface area contributed by atoms with Crippen LogP contribution >= 0.6 is 0 Å². The molecule has 3 N–H and O–H groups in total. The third-order valence-corrected chi connectivity index (χ3v) is 2.22. The SMILES string of the molecule is NC(CCC(=O)O)C1=CCCC1. The van der Waals surface area contributed by atoms with Crippen molar-refractivity contribution in [3.8, 4) is 0 Å². The fourth-order valence-corrected chi connectivity index (χ4v) is 1.50. The molecule has 0 spiro atoms. The molecule has 3 heteroatoms. The normalized spacial score (nSPS) is 18.9. The average Bonchev–Trinajstić information content (AvgIpc) is 2.51. The van der Waals surface area contributed by atoms with E-state index in [0.717, 1.165) is 12.8 Å². The number of allylic oxidation sites excluding steroid dienone is 1. The van der Waals surface area contributed by atoms with Crippen molar-refractivity contribution in [3.05, 3.63) is 11.6 Å². The van der Waals surface area contributed by atoms with E-state index in [2.05, 4.69) is 6.08 Å². The van der Waals surface area contributed by atoms with Crippen molar-refractivity contribution in [1.29, 1.82) is 0 Å². The Morgan fingerprint density at radius 1 is 1.75 bits per heavy atom. The minimum atomic E-state index is -0.760. The van der Waals surface area contributed by atoms with Gasteiger partial charge < -0.3 is 10.8 Å². The van der Waals surface area contributed by atoms with Crippen LogP contribution in [0.1, 0.15) is 32.1 Å². The van der Waals surface area contributed by atoms with Gasteiger partial charge in [-0.2, -0.15) is 0 Å². The first kappa shape index (κ1) is 9.26. The van der Waals surface area contributed by atoms with E-state index in [1.807, 2.05) is 0 Å². The van der Waals surface area contributed by atoms with Gasteiger partial charge in [-0.05, 0) is 25.7 Å². The van der Waals surface area contributed by atoms with Crippen LogP contribution in [0.15, 0.2) is 11.6 Å². The maximum atomic E-state index is 10.2. The number of hydrogen-bond acceptors (Lipinski definition) is 2. The van der Waals surface area contributed by atoms with Crippen molar-refractivity contribution >= 4 is 5.97 Å². The van der Waals surface area contributed by atoms with Gasteiger partial charge in [-0.3, -0.25) is 4.79 Å². The van der Waals surface area contributed by atoms with Crippen molar-refractivity contribution in [2.45, 2.75) is 38.1 Å². The first-order valence-corrected chi connectivity index (χ1v) is 4.36. The zero-order valence-electron chi connectivity index (χ0n) is 7.12. The highest BCUT2D eigenvalue weighted by atomic mass is 16.4. The molecule has 0 bridgehead atoms. The van der Waals surface area contributed by atoms with Gasteiger partial charge in [0.2, 0.25) is 0 Å². The van der Waals surface area contributed by atoms with E-state index >= 15 is 0 Å². The first-order chi connectivity index (χ1) is 5.70. The number of rotatable bonds is 4. The summed E-state index contributed by atoms with van der Waals surface area (Å²) in [6.45, 7) is 0. The lowest BCUT2D eigenvalue weighted by Gasteiger charge is -2.10. The monoisotopic (exact) mass is 169 g/mol. The maximum Gasteiger partial charge on any atom is 0.303 e. The molecule has 0 fully saturated rings. The van der Waals surface area contributed by atoms with Crippen molar-refractivity contribution in [2.24, 2.45) is 5.73 Å². The zero-order chi connectivity index (χ0) is 8.97. The van der Waals surface area contributed by atoms with E-state index in [9.17, 15) is 4.79 Å². The van der Waals surface area contributed by atoms with Crippen LogP contribution in [0.3, 0.4) is 0 Å². The summed E-state index contributed by atoms with van der Waals surface area (Å²) in [7, 11) is 0. The van der Waals surface area contributed by atoms with Gasteiger partial charge in [0.25, 0.3) is 0 Å². The van der Waals surface area contributed by atoms with Crippen LogP contribution in [0.4, 0.5) is 0 Å². The summed E-state index contributed by atoms with van der Waals surface area (Å²) in [5, 5.41) is 8.43. The number of aliphatic carboxylic acids is 1. The highest BCUT2D eigenvalue weighted by molar-refractivity contribution is 5.66. The molecule has 1 aliphatic rings. The molecule has 12 heavy (non-hydrogen) atoms. The second-order valence-electron chi connectivity index (χ2n) is 3.21. The van der Waals surface area contributed by atoms with Crippen LogP contribution in [0, 0.1) is 0 Å². The Morgan fingerprint density at radius 3 is 3.00 bits per heavy atom. The largest absolute Gasteiger partial charge is 0.481 e. The molecule has 0 saturated heterocycles. The van der Waals surface area contributed by atoms with Crippen molar-refractivity contribution in [2.75, 3.05) is 0 Å². The van der Waals surface area contributed by atoms with Crippen LogP contribution in [0.25, 0.3) is 0 Å². The van der Waals surface area contributed by atoms with Gasteiger partial charge >= 0.3 is 5.97 Å². The van der Waals surface area contributed by atoms with Gasteiger partial charge in [0.1, 0.15) is 0 Å². The number of carbonyl (C=O) groups is 1. The van der Waals surface area contributed by atoms with Gasteiger partial charge in [0.05, 0.1) is 0 Å². The molecule has 0 radical (unpaired) electrons. The van der Waals surface area contributed by atoms with E-state index < -0.39 is 5.97 Å². The third-order valence-electron chi connectivity index (χ3n) is 2.22. The van der Waals surface area contributed by atoms with E-state index in [0.29, 0.717) is 6.42 Å². The summed E-state index contributed by atoms with van der Waals surface area (Å²) in [6, 6.07) is -0.0244. The molecule has 0 amide bonds. The molecule has 1 rings (SSSR count). The second kappa shape index (κ2) is 4.26. The minimum Gasteiger partial charge on any atom is -0.481 e. The molecule has 68 valence electrons. The maximum absolute atomic E-state index is 10.2. The molecular formula is C9H15NO2. The van der Waals surface area contributed by atoms with E-state index in [4.69, 9.17) is 10.8 Å². The van der Waals surface area contributed by atoms with Crippen LogP contribution in [-0.2, 0) is 4.79 Å². The molecule has 0 aromatic heterocycles. The summed E-state index contributed by atoms with van der Waals surface area (Å²) in [4.78, 5) is 10.2. The molecule has 1 atom stereocenters. The summed E-state index contributed by atoms with van der Waals surface area (Å²) in [5.41, 5.74) is 7.04. The number of carboxylic acid groups (broad SMARTS) is 1. The molecule has 0 saturated carbocycles. The van der Waals surface area contributed by atoms with Crippen molar-refractivity contribution in [1.82, 2.24) is 0 Å². The fraction of sp³-hybridized carbons (Fsp3) is 0.667. The van der Waals surface area contributed by atoms with Crippen LogP contribution in [0.2, 0.25) is 0 Å². The Morgan fingerprint density at radius 2 is 2.50 bits per heavy atom. The van der Waals surface area contributed by atoms with Gasteiger partial charge in [0, 0.05) is 12.5 Å². The summed E-state index contributed by atoms with van der Waals surface area (Å²) in [5.74, 6) is -0.760. The standard InChI is InChI=1S/C9H15NO2/c10-8(5-6-9(11)12)7-3-1-2-4-7/h3,8H,1-2,4-6,10H2,(H,11,12).